The molecule has 1 heterocycles. The number of carbonyl (C=O) groups excluding carboxylic acids is 1. The highest BCUT2D eigenvalue weighted by atomic mass is 32.2. The Bertz CT molecular complexity index is 803. The predicted octanol–water partition coefficient (Wildman–Crippen LogP) is 1.16. The van der Waals surface area contributed by atoms with Crippen LogP contribution in [0.3, 0.4) is 0 Å². The molecular weight excluding hydrogens is 383 g/mol. The number of amides is 1. The molecular formula is C17H22F3N3O3S. The zero-order valence-electron chi connectivity index (χ0n) is 14.8. The Morgan fingerprint density at radius 1 is 1.07 bits per heavy atom. The Balaban J connectivity index is 1.54. The summed E-state index contributed by atoms with van der Waals surface area (Å²) in [5.74, 6) is -0.720. The van der Waals surface area contributed by atoms with E-state index in [0.29, 0.717) is 13.1 Å². The molecule has 1 aromatic carbocycles. The first-order valence-electron chi connectivity index (χ1n) is 8.83. The lowest BCUT2D eigenvalue weighted by Gasteiger charge is -2.33. The van der Waals surface area contributed by atoms with Crippen molar-refractivity contribution in [1.82, 2.24) is 14.5 Å². The third-order valence-corrected chi connectivity index (χ3v) is 6.79. The summed E-state index contributed by atoms with van der Waals surface area (Å²) in [6.07, 6.45) is -1.55. The fourth-order valence-electron chi connectivity index (χ4n) is 3.44. The van der Waals surface area contributed by atoms with Crippen molar-refractivity contribution in [1.29, 1.82) is 0 Å². The molecule has 1 aromatic rings. The molecule has 0 bridgehead atoms. The zero-order valence-corrected chi connectivity index (χ0v) is 15.6. The fourth-order valence-corrected chi connectivity index (χ4v) is 4.92. The first-order valence-corrected chi connectivity index (χ1v) is 10.3. The van der Waals surface area contributed by atoms with Gasteiger partial charge < -0.3 is 5.32 Å². The second-order valence-corrected chi connectivity index (χ2v) is 8.79. The SMILES string of the molecule is O=C(CN1CCN(S(=O)(=O)c2ccc3c(c2)CCC3)CC1)NCC(F)(F)F. The number of hydrogen-bond acceptors (Lipinski definition) is 4. The number of sulfonamides is 1. The van der Waals surface area contributed by atoms with Gasteiger partial charge in [-0.25, -0.2) is 8.42 Å². The van der Waals surface area contributed by atoms with E-state index >= 15 is 0 Å². The second-order valence-electron chi connectivity index (χ2n) is 6.86. The minimum Gasteiger partial charge on any atom is -0.346 e. The number of hydrogen-bond donors (Lipinski definition) is 1. The van der Waals surface area contributed by atoms with Crippen LogP contribution in [0.4, 0.5) is 13.2 Å². The number of fused-ring (bicyclic) bond motifs is 1. The highest BCUT2D eigenvalue weighted by Crippen LogP contribution is 2.26. The molecule has 1 aliphatic carbocycles. The summed E-state index contributed by atoms with van der Waals surface area (Å²) < 4.78 is 63.4. The standard InChI is InChI=1S/C17H22F3N3O3S/c18-17(19,20)12-21-16(24)11-22-6-8-23(9-7-22)27(25,26)15-5-4-13-2-1-3-14(13)10-15/h4-5,10H,1-3,6-9,11-12H2,(H,21,24). The first-order chi connectivity index (χ1) is 12.6. The molecule has 1 saturated heterocycles. The van der Waals surface area contributed by atoms with Gasteiger partial charge in [0.15, 0.2) is 0 Å². The molecule has 27 heavy (non-hydrogen) atoms. The molecule has 1 amide bonds. The van der Waals surface area contributed by atoms with E-state index < -0.39 is 28.7 Å². The first kappa shape index (κ1) is 20.1. The number of aryl methyl sites for hydroxylation is 2. The van der Waals surface area contributed by atoms with Crippen LogP contribution in [0.2, 0.25) is 0 Å². The summed E-state index contributed by atoms with van der Waals surface area (Å²) in [5.41, 5.74) is 2.28. The van der Waals surface area contributed by atoms with Crippen LogP contribution in [0.1, 0.15) is 17.5 Å². The van der Waals surface area contributed by atoms with Gasteiger partial charge in [0.05, 0.1) is 11.4 Å². The van der Waals surface area contributed by atoms with Gasteiger partial charge in [-0.1, -0.05) is 6.07 Å². The lowest BCUT2D eigenvalue weighted by molar-refractivity contribution is -0.139. The average molecular weight is 405 g/mol. The number of carbonyl (C=O) groups is 1. The molecule has 3 rings (SSSR count). The molecule has 0 radical (unpaired) electrons. The van der Waals surface area contributed by atoms with E-state index in [4.69, 9.17) is 0 Å². The maximum atomic E-state index is 12.8. The van der Waals surface area contributed by atoms with Gasteiger partial charge in [-0.05, 0) is 42.5 Å². The Hall–Kier alpha value is -1.65. The monoisotopic (exact) mass is 405 g/mol. The highest BCUT2D eigenvalue weighted by molar-refractivity contribution is 7.89. The van der Waals surface area contributed by atoms with Gasteiger partial charge in [0.1, 0.15) is 6.54 Å². The van der Waals surface area contributed by atoms with Crippen LogP contribution in [0.25, 0.3) is 0 Å². The maximum absolute atomic E-state index is 12.8. The number of halogens is 3. The van der Waals surface area contributed by atoms with Crippen LogP contribution in [0, 0.1) is 0 Å². The van der Waals surface area contributed by atoms with E-state index in [9.17, 15) is 26.4 Å². The molecule has 0 saturated carbocycles. The van der Waals surface area contributed by atoms with Crippen molar-refractivity contribution in [2.45, 2.75) is 30.3 Å². The van der Waals surface area contributed by atoms with E-state index in [1.54, 1.807) is 17.0 Å². The smallest absolute Gasteiger partial charge is 0.346 e. The Morgan fingerprint density at radius 2 is 1.74 bits per heavy atom. The van der Waals surface area contributed by atoms with Crippen molar-refractivity contribution in [2.75, 3.05) is 39.3 Å². The van der Waals surface area contributed by atoms with Crippen LogP contribution >= 0.6 is 0 Å². The third kappa shape index (κ3) is 4.99. The van der Waals surface area contributed by atoms with Crippen LogP contribution in [-0.2, 0) is 27.7 Å². The fraction of sp³-hybridized carbons (Fsp3) is 0.588. The molecule has 150 valence electrons. The molecule has 10 heteroatoms. The van der Waals surface area contributed by atoms with Crippen LogP contribution in [0.15, 0.2) is 23.1 Å². The van der Waals surface area contributed by atoms with Gasteiger partial charge in [0.2, 0.25) is 15.9 Å². The number of nitrogens with one attached hydrogen (secondary N) is 1. The minimum atomic E-state index is -4.45. The topological polar surface area (TPSA) is 69.7 Å². The lowest BCUT2D eigenvalue weighted by Crippen LogP contribution is -2.51. The third-order valence-electron chi connectivity index (χ3n) is 4.89. The van der Waals surface area contributed by atoms with E-state index in [2.05, 4.69) is 0 Å². The molecule has 6 nitrogen and oxygen atoms in total. The molecule has 1 N–H and O–H groups in total. The molecule has 0 spiro atoms. The van der Waals surface area contributed by atoms with Gasteiger partial charge in [0.25, 0.3) is 0 Å². The zero-order chi connectivity index (χ0) is 19.7. The largest absolute Gasteiger partial charge is 0.405 e. The number of alkyl halides is 3. The lowest BCUT2D eigenvalue weighted by atomic mass is 10.1. The summed E-state index contributed by atoms with van der Waals surface area (Å²) in [6.45, 7) is -0.549. The molecule has 1 aliphatic heterocycles. The molecule has 1 fully saturated rings. The summed E-state index contributed by atoms with van der Waals surface area (Å²) in [5, 5.41) is 1.82. The summed E-state index contributed by atoms with van der Waals surface area (Å²) in [6, 6.07) is 5.25. The predicted molar refractivity (Wildman–Crippen MR) is 92.7 cm³/mol. The van der Waals surface area contributed by atoms with E-state index in [-0.39, 0.29) is 24.5 Å². The molecule has 0 unspecified atom stereocenters. The van der Waals surface area contributed by atoms with E-state index in [0.717, 1.165) is 24.8 Å². The quantitative estimate of drug-likeness (QED) is 0.798. The number of nitrogens with zero attached hydrogens (tertiary/aromatic N) is 2. The van der Waals surface area contributed by atoms with E-state index in [1.807, 2.05) is 11.4 Å². The van der Waals surface area contributed by atoms with Crippen LogP contribution in [0.5, 0.6) is 0 Å². The van der Waals surface area contributed by atoms with Crippen molar-refractivity contribution in [3.63, 3.8) is 0 Å². The Kier molecular flexibility index (Phi) is 5.78. The van der Waals surface area contributed by atoms with Gasteiger partial charge in [-0.15, -0.1) is 0 Å². The van der Waals surface area contributed by atoms with Crippen molar-refractivity contribution in [2.24, 2.45) is 0 Å². The summed E-state index contributed by atoms with van der Waals surface area (Å²) in [4.78, 5) is 13.5. The number of benzene rings is 1. The van der Waals surface area contributed by atoms with E-state index in [1.165, 1.54) is 9.87 Å². The highest BCUT2D eigenvalue weighted by Gasteiger charge is 2.31. The van der Waals surface area contributed by atoms with Crippen molar-refractivity contribution < 1.29 is 26.4 Å². The van der Waals surface area contributed by atoms with Crippen molar-refractivity contribution >= 4 is 15.9 Å². The summed E-state index contributed by atoms with van der Waals surface area (Å²) >= 11 is 0. The van der Waals surface area contributed by atoms with Gasteiger partial charge in [-0.2, -0.15) is 17.5 Å². The van der Waals surface area contributed by atoms with Crippen LogP contribution < -0.4 is 5.32 Å². The Morgan fingerprint density at radius 3 is 2.41 bits per heavy atom. The second kappa shape index (κ2) is 7.76. The van der Waals surface area contributed by atoms with Gasteiger partial charge in [-0.3, -0.25) is 9.69 Å². The molecule has 0 aromatic heterocycles. The average Bonchev–Trinajstić information content (AvgIpc) is 3.07. The number of rotatable bonds is 5. The minimum absolute atomic E-state index is 0.178. The maximum Gasteiger partial charge on any atom is 0.405 e. The molecule has 2 aliphatic rings. The van der Waals surface area contributed by atoms with Crippen LogP contribution in [-0.4, -0.2) is 69.0 Å². The van der Waals surface area contributed by atoms with Gasteiger partial charge in [0, 0.05) is 26.2 Å². The van der Waals surface area contributed by atoms with Gasteiger partial charge >= 0.3 is 6.18 Å². The number of piperazine rings is 1. The normalized spacial score (nSPS) is 19.1. The summed E-state index contributed by atoms with van der Waals surface area (Å²) in [7, 11) is -3.61. The van der Waals surface area contributed by atoms with Crippen molar-refractivity contribution in [3.8, 4) is 0 Å². The Labute approximate surface area is 156 Å². The van der Waals surface area contributed by atoms with Crippen molar-refractivity contribution in [3.05, 3.63) is 29.3 Å². The molecule has 0 atom stereocenters.